The highest BCUT2D eigenvalue weighted by Gasteiger charge is 2.09. The van der Waals surface area contributed by atoms with Crippen molar-refractivity contribution in [1.82, 2.24) is 9.97 Å². The van der Waals surface area contributed by atoms with Crippen LogP contribution in [-0.2, 0) is 0 Å². The number of rotatable bonds is 1. The molecule has 0 aliphatic rings. The Kier molecular flexibility index (Phi) is 2.57. The Morgan fingerprint density at radius 2 is 2.21 bits per heavy atom. The van der Waals surface area contributed by atoms with Gasteiger partial charge in [-0.1, -0.05) is 0 Å². The summed E-state index contributed by atoms with van der Waals surface area (Å²) in [5, 5.41) is 11.6. The zero-order chi connectivity index (χ0) is 9.97. The molecule has 0 aromatic carbocycles. The molecule has 0 atom stereocenters. The van der Waals surface area contributed by atoms with Gasteiger partial charge in [0, 0.05) is 23.3 Å². The number of hydrogen-bond donors (Lipinski definition) is 0. The van der Waals surface area contributed by atoms with Gasteiger partial charge in [0.2, 0.25) is 0 Å². The standard InChI is InChI=1S/C9H4BrN3S/c10-8-6(9-13-3-4-14-9)1-2-12-7(8)5-11/h1-4H. The third kappa shape index (κ3) is 1.54. The van der Waals surface area contributed by atoms with Gasteiger partial charge in [0.1, 0.15) is 11.1 Å². The quantitative estimate of drug-likeness (QED) is 0.797. The fraction of sp³-hybridized carbons (Fsp3) is 0. The second kappa shape index (κ2) is 3.86. The second-order valence-electron chi connectivity index (χ2n) is 2.47. The lowest BCUT2D eigenvalue weighted by atomic mass is 10.2. The van der Waals surface area contributed by atoms with Gasteiger partial charge in [-0.3, -0.25) is 0 Å². The number of aromatic nitrogens is 2. The van der Waals surface area contributed by atoms with E-state index in [4.69, 9.17) is 5.26 Å². The van der Waals surface area contributed by atoms with Crippen molar-refractivity contribution in [3.63, 3.8) is 0 Å². The van der Waals surface area contributed by atoms with Gasteiger partial charge in [-0.25, -0.2) is 9.97 Å². The molecule has 0 amide bonds. The molecule has 14 heavy (non-hydrogen) atoms. The number of hydrogen-bond acceptors (Lipinski definition) is 4. The number of halogens is 1. The van der Waals surface area contributed by atoms with Gasteiger partial charge < -0.3 is 0 Å². The normalized spacial score (nSPS) is 9.71. The summed E-state index contributed by atoms with van der Waals surface area (Å²) in [7, 11) is 0. The maximum Gasteiger partial charge on any atom is 0.155 e. The molecule has 0 fully saturated rings. The molecule has 5 heteroatoms. The third-order valence-electron chi connectivity index (χ3n) is 1.66. The molecule has 0 bridgehead atoms. The number of thiazole rings is 1. The molecule has 0 saturated heterocycles. The molecule has 0 unspecified atom stereocenters. The van der Waals surface area contributed by atoms with Crippen molar-refractivity contribution in [2.75, 3.05) is 0 Å². The van der Waals surface area contributed by atoms with Crippen LogP contribution < -0.4 is 0 Å². The molecular formula is C9H4BrN3S. The van der Waals surface area contributed by atoms with Crippen molar-refractivity contribution in [2.24, 2.45) is 0 Å². The lowest BCUT2D eigenvalue weighted by Gasteiger charge is -2.00. The minimum atomic E-state index is 0.387. The van der Waals surface area contributed by atoms with Crippen LogP contribution in [0.4, 0.5) is 0 Å². The average molecular weight is 266 g/mol. The maximum atomic E-state index is 8.78. The van der Waals surface area contributed by atoms with Gasteiger partial charge in [0.05, 0.1) is 4.47 Å². The Morgan fingerprint density at radius 1 is 1.36 bits per heavy atom. The first kappa shape index (κ1) is 9.31. The predicted molar refractivity (Wildman–Crippen MR) is 57.8 cm³/mol. The van der Waals surface area contributed by atoms with E-state index in [9.17, 15) is 0 Å². The van der Waals surface area contributed by atoms with Crippen LogP contribution >= 0.6 is 27.3 Å². The fourth-order valence-corrected chi connectivity index (χ4v) is 2.35. The zero-order valence-electron chi connectivity index (χ0n) is 6.94. The van der Waals surface area contributed by atoms with Crippen LogP contribution in [-0.4, -0.2) is 9.97 Å². The highest BCUT2D eigenvalue weighted by atomic mass is 79.9. The summed E-state index contributed by atoms with van der Waals surface area (Å²) in [6.45, 7) is 0. The summed E-state index contributed by atoms with van der Waals surface area (Å²) in [5.41, 5.74) is 1.30. The Labute approximate surface area is 93.2 Å². The summed E-state index contributed by atoms with van der Waals surface area (Å²) in [4.78, 5) is 8.11. The van der Waals surface area contributed by atoms with Crippen LogP contribution in [0, 0.1) is 11.3 Å². The monoisotopic (exact) mass is 265 g/mol. The lowest BCUT2D eigenvalue weighted by molar-refractivity contribution is 1.24. The molecule has 0 radical (unpaired) electrons. The molecule has 2 aromatic heterocycles. The summed E-state index contributed by atoms with van der Waals surface area (Å²) in [5.74, 6) is 0. The molecule has 0 aliphatic carbocycles. The van der Waals surface area contributed by atoms with Crippen molar-refractivity contribution in [1.29, 1.82) is 5.26 Å². The van der Waals surface area contributed by atoms with Crippen molar-refractivity contribution >= 4 is 27.3 Å². The number of pyridine rings is 1. The highest BCUT2D eigenvalue weighted by molar-refractivity contribution is 9.10. The molecule has 2 aromatic rings. The minimum Gasteiger partial charge on any atom is -0.245 e. The van der Waals surface area contributed by atoms with E-state index in [1.807, 2.05) is 17.5 Å². The molecule has 68 valence electrons. The molecule has 3 nitrogen and oxygen atoms in total. The van der Waals surface area contributed by atoms with Crippen LogP contribution in [0.3, 0.4) is 0 Å². The van der Waals surface area contributed by atoms with Crippen molar-refractivity contribution in [3.05, 3.63) is 34.0 Å². The van der Waals surface area contributed by atoms with E-state index in [1.54, 1.807) is 12.4 Å². The molecular weight excluding hydrogens is 262 g/mol. The van der Waals surface area contributed by atoms with E-state index in [0.29, 0.717) is 10.2 Å². The average Bonchev–Trinajstić information content (AvgIpc) is 2.71. The van der Waals surface area contributed by atoms with Gasteiger partial charge in [0.25, 0.3) is 0 Å². The Bertz CT molecular complexity index is 487. The van der Waals surface area contributed by atoms with Crippen molar-refractivity contribution < 1.29 is 0 Å². The summed E-state index contributed by atoms with van der Waals surface area (Å²) in [6.07, 6.45) is 3.35. The first-order valence-corrected chi connectivity index (χ1v) is 5.44. The Morgan fingerprint density at radius 3 is 2.86 bits per heavy atom. The van der Waals surface area contributed by atoms with Crippen LogP contribution in [0.15, 0.2) is 28.3 Å². The Balaban J connectivity index is 2.61. The Hall–Kier alpha value is -1.25. The van der Waals surface area contributed by atoms with Crippen LogP contribution in [0.5, 0.6) is 0 Å². The van der Waals surface area contributed by atoms with E-state index >= 15 is 0 Å². The smallest absolute Gasteiger partial charge is 0.155 e. The summed E-state index contributed by atoms with van der Waals surface area (Å²) in [6, 6.07) is 3.85. The summed E-state index contributed by atoms with van der Waals surface area (Å²) >= 11 is 4.88. The first-order valence-electron chi connectivity index (χ1n) is 3.77. The van der Waals surface area contributed by atoms with E-state index in [-0.39, 0.29) is 0 Å². The third-order valence-corrected chi connectivity index (χ3v) is 3.27. The van der Waals surface area contributed by atoms with E-state index in [2.05, 4.69) is 25.9 Å². The van der Waals surface area contributed by atoms with Crippen molar-refractivity contribution in [2.45, 2.75) is 0 Å². The van der Waals surface area contributed by atoms with Gasteiger partial charge in [-0.15, -0.1) is 11.3 Å². The van der Waals surface area contributed by atoms with Crippen LogP contribution in [0.1, 0.15) is 5.69 Å². The topological polar surface area (TPSA) is 49.6 Å². The SMILES string of the molecule is N#Cc1nccc(-c2nccs2)c1Br. The van der Waals surface area contributed by atoms with E-state index in [1.165, 1.54) is 11.3 Å². The fourth-order valence-electron chi connectivity index (χ4n) is 1.04. The molecule has 0 aliphatic heterocycles. The van der Waals surface area contributed by atoms with E-state index < -0.39 is 0 Å². The first-order chi connectivity index (χ1) is 6.83. The largest absolute Gasteiger partial charge is 0.245 e. The van der Waals surface area contributed by atoms with Crippen LogP contribution in [0.2, 0.25) is 0 Å². The zero-order valence-corrected chi connectivity index (χ0v) is 9.34. The van der Waals surface area contributed by atoms with Gasteiger partial charge >= 0.3 is 0 Å². The number of nitrogens with zero attached hydrogens (tertiary/aromatic N) is 3. The summed E-state index contributed by atoms with van der Waals surface area (Å²) < 4.78 is 0.706. The molecule has 0 N–H and O–H groups in total. The molecule has 0 spiro atoms. The highest BCUT2D eigenvalue weighted by Crippen LogP contribution is 2.30. The van der Waals surface area contributed by atoms with Gasteiger partial charge in [-0.05, 0) is 22.0 Å². The maximum absolute atomic E-state index is 8.78. The lowest BCUT2D eigenvalue weighted by Crippen LogP contribution is -1.87. The molecule has 2 rings (SSSR count). The van der Waals surface area contributed by atoms with Gasteiger partial charge in [-0.2, -0.15) is 5.26 Å². The van der Waals surface area contributed by atoms with Crippen LogP contribution in [0.25, 0.3) is 10.6 Å². The number of nitriles is 1. The molecule has 2 heterocycles. The van der Waals surface area contributed by atoms with Gasteiger partial charge in [0.15, 0.2) is 5.69 Å². The predicted octanol–water partition coefficient (Wildman–Crippen LogP) is 2.84. The minimum absolute atomic E-state index is 0.387. The van der Waals surface area contributed by atoms with E-state index in [0.717, 1.165) is 10.6 Å². The second-order valence-corrected chi connectivity index (χ2v) is 4.16. The molecule has 0 saturated carbocycles. The van der Waals surface area contributed by atoms with Crippen molar-refractivity contribution in [3.8, 4) is 16.6 Å².